The van der Waals surface area contributed by atoms with Gasteiger partial charge in [-0.2, -0.15) is 14.9 Å². The van der Waals surface area contributed by atoms with Crippen molar-refractivity contribution in [1.82, 2.24) is 19.4 Å². The number of hydrogen-bond acceptors (Lipinski definition) is 3. The summed E-state index contributed by atoms with van der Waals surface area (Å²) in [5, 5.41) is 14.3. The molecule has 142 valence electrons. The number of fused-ring (bicyclic) bond motifs is 3. The van der Waals surface area contributed by atoms with E-state index in [1.54, 1.807) is 4.68 Å². The summed E-state index contributed by atoms with van der Waals surface area (Å²) in [6.45, 7) is 3.11. The molecular weight excluding hydrogens is 378 g/mol. The molecule has 29 heavy (non-hydrogen) atoms. The number of H-pyrrole nitrogens is 1. The molecule has 0 saturated heterocycles. The third kappa shape index (κ3) is 2.98. The van der Waals surface area contributed by atoms with E-state index < -0.39 is 0 Å². The predicted octanol–water partition coefficient (Wildman–Crippen LogP) is 5.62. The van der Waals surface area contributed by atoms with Crippen LogP contribution in [0.15, 0.2) is 77.9 Å². The molecule has 0 radical (unpaired) electrons. The number of nitrogens with one attached hydrogen (secondary N) is 1. The number of benzene rings is 3. The van der Waals surface area contributed by atoms with Gasteiger partial charge in [-0.3, -0.25) is 0 Å². The first-order valence-corrected chi connectivity index (χ1v) is 9.95. The Labute approximate surface area is 172 Å². The minimum Gasteiger partial charge on any atom is -0.341 e. The van der Waals surface area contributed by atoms with E-state index >= 15 is 0 Å². The van der Waals surface area contributed by atoms with Crippen LogP contribution in [0.3, 0.4) is 0 Å². The van der Waals surface area contributed by atoms with Gasteiger partial charge in [-0.1, -0.05) is 54.6 Å². The minimum absolute atomic E-state index is 0.462. The number of nitrogens with zero attached hydrogens (tertiary/aromatic N) is 4. The van der Waals surface area contributed by atoms with E-state index in [-0.39, 0.29) is 0 Å². The molecule has 5 rings (SSSR count). The summed E-state index contributed by atoms with van der Waals surface area (Å²) in [7, 11) is 0. The van der Waals surface area contributed by atoms with Crippen LogP contribution >= 0.6 is 12.2 Å². The lowest BCUT2D eigenvalue weighted by Gasteiger charge is -2.03. The maximum Gasteiger partial charge on any atom is 0.216 e. The molecule has 0 saturated carbocycles. The van der Waals surface area contributed by atoms with Crippen molar-refractivity contribution in [3.8, 4) is 11.4 Å². The average molecular weight is 398 g/mol. The first kappa shape index (κ1) is 17.6. The van der Waals surface area contributed by atoms with Crippen LogP contribution in [-0.2, 0) is 6.54 Å². The lowest BCUT2D eigenvalue weighted by atomic mass is 10.1. The predicted molar refractivity (Wildman–Crippen MR) is 121 cm³/mol. The van der Waals surface area contributed by atoms with Crippen LogP contribution in [-0.4, -0.2) is 25.7 Å². The zero-order valence-corrected chi connectivity index (χ0v) is 16.7. The highest BCUT2D eigenvalue weighted by molar-refractivity contribution is 7.71. The van der Waals surface area contributed by atoms with Crippen LogP contribution in [0.4, 0.5) is 0 Å². The highest BCUT2D eigenvalue weighted by atomic mass is 32.1. The van der Waals surface area contributed by atoms with Gasteiger partial charge in [0.15, 0.2) is 5.82 Å². The van der Waals surface area contributed by atoms with Gasteiger partial charge in [0.1, 0.15) is 0 Å². The summed E-state index contributed by atoms with van der Waals surface area (Å²) in [6.07, 6.45) is 1.83. The van der Waals surface area contributed by atoms with Crippen LogP contribution in [0, 0.1) is 4.77 Å². The van der Waals surface area contributed by atoms with Crippen molar-refractivity contribution in [2.24, 2.45) is 5.10 Å². The van der Waals surface area contributed by atoms with Crippen molar-refractivity contribution in [2.45, 2.75) is 13.5 Å². The molecule has 0 aliphatic rings. The van der Waals surface area contributed by atoms with Crippen molar-refractivity contribution in [3.05, 3.63) is 83.1 Å². The Morgan fingerprint density at radius 3 is 2.55 bits per heavy atom. The third-order valence-electron chi connectivity index (χ3n) is 5.12. The summed E-state index contributed by atoms with van der Waals surface area (Å²) in [5.41, 5.74) is 4.45. The Morgan fingerprint density at radius 2 is 1.72 bits per heavy atom. The second kappa shape index (κ2) is 7.14. The number of hydrogen-bond donors (Lipinski definition) is 1. The number of aryl methyl sites for hydroxylation is 1. The van der Waals surface area contributed by atoms with E-state index in [0.29, 0.717) is 10.6 Å². The van der Waals surface area contributed by atoms with E-state index in [4.69, 9.17) is 12.2 Å². The van der Waals surface area contributed by atoms with E-state index in [9.17, 15) is 0 Å². The molecule has 6 heteroatoms. The second-order valence-electron chi connectivity index (χ2n) is 6.81. The van der Waals surface area contributed by atoms with Gasteiger partial charge in [0.25, 0.3) is 0 Å². The van der Waals surface area contributed by atoms with Gasteiger partial charge >= 0.3 is 0 Å². The smallest absolute Gasteiger partial charge is 0.216 e. The molecule has 0 bridgehead atoms. The molecule has 2 aromatic heterocycles. The first-order chi connectivity index (χ1) is 14.3. The Morgan fingerprint density at radius 1 is 0.966 bits per heavy atom. The fourth-order valence-electron chi connectivity index (χ4n) is 3.79. The summed E-state index contributed by atoms with van der Waals surface area (Å²) in [5.74, 6) is 0.690. The molecule has 0 fully saturated rings. The van der Waals surface area contributed by atoms with Crippen molar-refractivity contribution < 1.29 is 0 Å². The van der Waals surface area contributed by atoms with E-state index in [2.05, 4.69) is 69.3 Å². The van der Waals surface area contributed by atoms with Gasteiger partial charge in [-0.05, 0) is 42.9 Å². The normalized spacial score (nSPS) is 11.8. The maximum atomic E-state index is 5.38. The zero-order valence-electron chi connectivity index (χ0n) is 15.9. The fraction of sp³-hybridized carbons (Fsp3) is 0.0870. The van der Waals surface area contributed by atoms with Gasteiger partial charge in [0.2, 0.25) is 4.77 Å². The van der Waals surface area contributed by atoms with Crippen LogP contribution < -0.4 is 0 Å². The molecule has 5 aromatic rings. The van der Waals surface area contributed by atoms with Crippen molar-refractivity contribution in [1.29, 1.82) is 0 Å². The molecule has 3 aromatic carbocycles. The van der Waals surface area contributed by atoms with Gasteiger partial charge in [-0.25, -0.2) is 5.10 Å². The Kier molecular flexibility index (Phi) is 4.33. The van der Waals surface area contributed by atoms with Crippen LogP contribution in [0.25, 0.3) is 33.2 Å². The standard InChI is InChI=1S/C23H19N5S/c1-2-27-20-11-7-6-10-18(20)19-14-16(12-13-21(19)27)15-24-28-22(25-26-23(28)29)17-8-4-3-5-9-17/h3-15H,2H2,1H3,(H,26,29). The van der Waals surface area contributed by atoms with Gasteiger partial charge in [0, 0.05) is 33.9 Å². The minimum atomic E-state index is 0.462. The summed E-state index contributed by atoms with van der Waals surface area (Å²) >= 11 is 5.38. The van der Waals surface area contributed by atoms with Gasteiger partial charge in [-0.15, -0.1) is 0 Å². The topological polar surface area (TPSA) is 50.9 Å². The number of rotatable bonds is 4. The van der Waals surface area contributed by atoms with Gasteiger partial charge in [0.05, 0.1) is 6.21 Å². The number of aromatic amines is 1. The lowest BCUT2D eigenvalue weighted by molar-refractivity contribution is 0.827. The summed E-state index contributed by atoms with van der Waals surface area (Å²) in [6, 6.07) is 24.8. The molecule has 5 nitrogen and oxygen atoms in total. The van der Waals surface area contributed by atoms with E-state index in [0.717, 1.165) is 17.7 Å². The van der Waals surface area contributed by atoms with Crippen LogP contribution in [0.2, 0.25) is 0 Å². The lowest BCUT2D eigenvalue weighted by Crippen LogP contribution is -1.95. The molecule has 0 aliphatic heterocycles. The number of para-hydroxylation sites is 1. The first-order valence-electron chi connectivity index (χ1n) is 9.54. The Bertz CT molecular complexity index is 1410. The summed E-state index contributed by atoms with van der Waals surface area (Å²) < 4.78 is 4.46. The number of aromatic nitrogens is 4. The highest BCUT2D eigenvalue weighted by Gasteiger charge is 2.10. The molecule has 0 unspecified atom stereocenters. The van der Waals surface area contributed by atoms with Crippen LogP contribution in [0.5, 0.6) is 0 Å². The monoisotopic (exact) mass is 397 g/mol. The van der Waals surface area contributed by atoms with Gasteiger partial charge < -0.3 is 4.57 Å². The summed E-state index contributed by atoms with van der Waals surface area (Å²) in [4.78, 5) is 0. The van der Waals surface area contributed by atoms with E-state index in [1.165, 1.54) is 21.8 Å². The van der Waals surface area contributed by atoms with Crippen molar-refractivity contribution in [3.63, 3.8) is 0 Å². The zero-order chi connectivity index (χ0) is 19.8. The molecule has 0 aliphatic carbocycles. The highest BCUT2D eigenvalue weighted by Crippen LogP contribution is 2.29. The Balaban J connectivity index is 1.60. The SMILES string of the molecule is CCn1c2ccccc2c2cc(C=Nn3c(-c4ccccc4)n[nH]c3=S)ccc21. The van der Waals surface area contributed by atoms with Crippen LogP contribution in [0.1, 0.15) is 12.5 Å². The maximum absolute atomic E-state index is 5.38. The molecule has 0 atom stereocenters. The molecule has 1 N–H and O–H groups in total. The molecule has 2 heterocycles. The Hall–Kier alpha value is -3.51. The average Bonchev–Trinajstić information content (AvgIpc) is 3.30. The quantitative estimate of drug-likeness (QED) is 0.316. The molecular formula is C23H19N5S. The van der Waals surface area contributed by atoms with E-state index in [1.807, 2.05) is 36.5 Å². The van der Waals surface area contributed by atoms with Crippen molar-refractivity contribution >= 4 is 40.2 Å². The van der Waals surface area contributed by atoms with Crippen molar-refractivity contribution in [2.75, 3.05) is 0 Å². The molecule has 0 spiro atoms. The molecule has 0 amide bonds. The fourth-order valence-corrected chi connectivity index (χ4v) is 3.97. The third-order valence-corrected chi connectivity index (χ3v) is 5.38. The second-order valence-corrected chi connectivity index (χ2v) is 7.20. The largest absolute Gasteiger partial charge is 0.341 e.